The van der Waals surface area contributed by atoms with Crippen LogP contribution in [0.5, 0.6) is 0 Å². The van der Waals surface area contributed by atoms with Gasteiger partial charge in [0.2, 0.25) is 5.78 Å². The highest BCUT2D eigenvalue weighted by Gasteiger charge is 2.32. The summed E-state index contributed by atoms with van der Waals surface area (Å²) in [5.74, 6) is -1.87. The molecule has 0 saturated heterocycles. The first kappa shape index (κ1) is 39.3. The van der Waals surface area contributed by atoms with Gasteiger partial charge >= 0.3 is 24.6 Å². The topological polar surface area (TPSA) is 223 Å². The van der Waals surface area contributed by atoms with E-state index in [9.17, 15) is 24.3 Å². The predicted octanol–water partition coefficient (Wildman–Crippen LogP) is 1.48. The molecule has 2 bridgehead atoms. The number of carbonyl (C=O) groups is 4. The van der Waals surface area contributed by atoms with Gasteiger partial charge in [0.25, 0.3) is 5.91 Å². The Morgan fingerprint density at radius 2 is 1.62 bits per heavy atom. The lowest BCUT2D eigenvalue weighted by atomic mass is 9.84. The molecule has 2 rings (SSSR count). The van der Waals surface area contributed by atoms with Crippen molar-refractivity contribution in [1.82, 2.24) is 5.32 Å². The molecule has 2 amide bonds. The average Bonchev–Trinajstić information content (AvgIpc) is 2.97. The molecule has 0 spiro atoms. The van der Waals surface area contributed by atoms with Crippen LogP contribution in [-0.2, 0) is 47.1 Å². The molecule has 1 aliphatic heterocycles. The van der Waals surface area contributed by atoms with Gasteiger partial charge in [0.1, 0.15) is 6.10 Å². The highest BCUT2D eigenvalue weighted by Crippen LogP contribution is 2.29. The van der Waals surface area contributed by atoms with E-state index in [0.29, 0.717) is 23.1 Å². The molecule has 14 nitrogen and oxygen atoms in total. The summed E-state index contributed by atoms with van der Waals surface area (Å²) in [5.41, 5.74) is 6.75. The number of nitrogens with one attached hydrogen (secondary N) is 1. The van der Waals surface area contributed by atoms with Crippen molar-refractivity contribution in [2.45, 2.75) is 71.9 Å². The molecular weight excluding hydrogens is 632 g/mol. The maximum absolute atomic E-state index is 13.2. The minimum absolute atomic E-state index is 0.0890. The van der Waals surface area contributed by atoms with Crippen LogP contribution in [0.4, 0.5) is 4.79 Å². The van der Waals surface area contributed by atoms with Crippen LogP contribution in [-0.4, -0.2) is 84.1 Å². The summed E-state index contributed by atoms with van der Waals surface area (Å²) >= 11 is 0. The summed E-state index contributed by atoms with van der Waals surface area (Å²) in [6.07, 6.45) is 4.04. The van der Waals surface area contributed by atoms with Gasteiger partial charge in [0, 0.05) is 42.9 Å². The van der Waals surface area contributed by atoms with Crippen molar-refractivity contribution in [3.63, 3.8) is 0 Å². The SMILES string of the molecule is CO[C@H]1/C=C\C=C(/C)C(=O)NC2=CC(=O)C(C)=C(C[C@@H](C)C[C@H](OC)[C@H](O)[C@@H](C)/C=C(\C)[C@@H]1OC(N)=O)C2=O.O=S(=O)=S(=O)=O. The monoisotopic (exact) mass is 672 g/mol. The van der Waals surface area contributed by atoms with Crippen molar-refractivity contribution >= 4 is 42.1 Å². The third-order valence-corrected chi connectivity index (χ3v) is 8.07. The van der Waals surface area contributed by atoms with Crippen LogP contribution < -0.4 is 11.1 Å². The molecule has 0 unspecified atom stereocenters. The number of amides is 2. The molecule has 1 heterocycles. The summed E-state index contributed by atoms with van der Waals surface area (Å²) in [6.45, 7) is 8.60. The Morgan fingerprint density at radius 3 is 2.13 bits per heavy atom. The molecule has 45 heavy (non-hydrogen) atoms. The molecular formula is C29H40N2O12S2. The number of hydrogen-bond acceptors (Lipinski definition) is 12. The number of nitrogens with two attached hydrogens (primary N) is 1. The van der Waals surface area contributed by atoms with Crippen molar-refractivity contribution in [2.24, 2.45) is 17.6 Å². The van der Waals surface area contributed by atoms with Crippen molar-refractivity contribution in [3.05, 3.63) is 58.4 Å². The molecule has 16 heteroatoms. The van der Waals surface area contributed by atoms with Gasteiger partial charge in [-0.15, -0.1) is 0 Å². The van der Waals surface area contributed by atoms with Gasteiger partial charge in [-0.1, -0.05) is 38.2 Å². The van der Waals surface area contributed by atoms with Gasteiger partial charge in [-0.05, 0) is 45.1 Å². The van der Waals surface area contributed by atoms with Crippen molar-refractivity contribution in [1.29, 1.82) is 0 Å². The molecule has 2 aliphatic rings. The van der Waals surface area contributed by atoms with Crippen LogP contribution in [0.3, 0.4) is 0 Å². The van der Waals surface area contributed by atoms with E-state index in [1.54, 1.807) is 39.0 Å². The van der Waals surface area contributed by atoms with E-state index in [0.717, 1.165) is 6.08 Å². The maximum atomic E-state index is 13.2. The van der Waals surface area contributed by atoms with Crippen molar-refractivity contribution in [3.8, 4) is 0 Å². The summed E-state index contributed by atoms with van der Waals surface area (Å²) in [4.78, 5) is 50.4. The largest absolute Gasteiger partial charge is 0.439 e. The molecule has 0 fully saturated rings. The van der Waals surface area contributed by atoms with E-state index in [2.05, 4.69) is 5.32 Å². The number of aliphatic hydroxyl groups excluding tert-OH is 1. The Bertz CT molecular complexity index is 1520. The smallest absolute Gasteiger partial charge is 0.405 e. The van der Waals surface area contributed by atoms with E-state index in [-0.39, 0.29) is 29.4 Å². The number of fused-ring (bicyclic) bond motifs is 2. The van der Waals surface area contributed by atoms with E-state index in [1.807, 2.05) is 13.8 Å². The maximum Gasteiger partial charge on any atom is 0.405 e. The highest BCUT2D eigenvalue weighted by atomic mass is 32.8. The molecule has 0 saturated carbocycles. The third kappa shape index (κ3) is 12.0. The number of carbonyl (C=O) groups excluding carboxylic acids is 4. The first-order valence-electron chi connectivity index (χ1n) is 13.7. The first-order valence-corrected chi connectivity index (χ1v) is 16.4. The number of primary amides is 1. The fraction of sp³-hybridized carbons (Fsp3) is 0.517. The molecule has 0 aromatic carbocycles. The summed E-state index contributed by atoms with van der Waals surface area (Å²) in [6, 6.07) is 0. The van der Waals surface area contributed by atoms with Gasteiger partial charge in [0.15, 0.2) is 11.9 Å². The highest BCUT2D eigenvalue weighted by molar-refractivity contribution is 8.21. The number of hydrogen-bond donors (Lipinski definition) is 3. The zero-order chi connectivity index (χ0) is 34.6. The summed E-state index contributed by atoms with van der Waals surface area (Å²) in [7, 11) is -2.97. The second kappa shape index (κ2) is 18.3. The van der Waals surface area contributed by atoms with Gasteiger partial charge in [-0.2, -0.15) is 16.8 Å². The predicted molar refractivity (Wildman–Crippen MR) is 163 cm³/mol. The molecule has 4 N–H and O–H groups in total. The molecule has 250 valence electrons. The quantitative estimate of drug-likeness (QED) is 0.287. The normalized spacial score (nSPS) is 29.9. The molecule has 0 aromatic heterocycles. The second-order valence-electron chi connectivity index (χ2n) is 10.6. The average molecular weight is 673 g/mol. The van der Waals surface area contributed by atoms with E-state index < -0.39 is 66.6 Å². The number of allylic oxidation sites excluding steroid dienone is 5. The molecule has 0 aromatic rings. The Kier molecular flexibility index (Phi) is 16.0. The standard InChI is InChI=1S/C29H40N2O8.O4S2/c1-15-11-20-19(5)22(32)14-21(26(20)34)31-28(35)16(2)9-8-10-23(37-6)27(39-29(30)36)18(4)13-17(3)25(33)24(12-15)38-7;1-5(2)6(3)4/h8-10,13-15,17,23-25,27,33H,11-12H2,1-7H3,(H2,30,36)(H,31,35);/b10-8-,16-9+,18-13+;/t15-,17+,23+,24+,25-,27+;/m1./s1. The van der Waals surface area contributed by atoms with Gasteiger partial charge in [-0.3, -0.25) is 14.4 Å². The zero-order valence-corrected chi connectivity index (χ0v) is 27.7. The van der Waals surface area contributed by atoms with E-state index >= 15 is 0 Å². The number of Topliss-reactive ketones (excluding diaryl/α,β-unsaturated/α-hetero) is 1. The van der Waals surface area contributed by atoms with E-state index in [1.165, 1.54) is 20.3 Å². The Hall–Kier alpha value is -3.70. The van der Waals surface area contributed by atoms with Crippen LogP contribution in [0.1, 0.15) is 47.5 Å². The Morgan fingerprint density at radius 1 is 1.02 bits per heavy atom. The lowest BCUT2D eigenvalue weighted by molar-refractivity contribution is -0.120. The Balaban J connectivity index is 0.00000153. The minimum atomic E-state index is -2.95. The fourth-order valence-corrected chi connectivity index (χ4v) is 4.73. The zero-order valence-electron chi connectivity index (χ0n) is 26.1. The number of methoxy groups -OCH3 is 2. The molecule has 1 aliphatic carbocycles. The third-order valence-electron chi connectivity index (χ3n) is 7.18. The van der Waals surface area contributed by atoms with Crippen molar-refractivity contribution < 1.29 is 55.3 Å². The lowest BCUT2D eigenvalue weighted by Crippen LogP contribution is -2.37. The number of rotatable bonds is 3. The second-order valence-corrected chi connectivity index (χ2v) is 13.0. The van der Waals surface area contributed by atoms with Gasteiger partial charge < -0.3 is 30.4 Å². The van der Waals surface area contributed by atoms with Crippen LogP contribution >= 0.6 is 0 Å². The fourth-order valence-electron chi connectivity index (χ4n) is 4.73. The minimum Gasteiger partial charge on any atom is -0.439 e. The van der Waals surface area contributed by atoms with Crippen LogP contribution in [0.2, 0.25) is 0 Å². The lowest BCUT2D eigenvalue weighted by Gasteiger charge is -2.30. The first-order chi connectivity index (χ1) is 20.9. The van der Waals surface area contributed by atoms with Gasteiger partial charge in [-0.25, -0.2) is 4.79 Å². The molecule has 0 radical (unpaired) electrons. The summed E-state index contributed by atoms with van der Waals surface area (Å²) in [5, 5.41) is 13.7. The van der Waals surface area contributed by atoms with Crippen molar-refractivity contribution in [2.75, 3.05) is 14.2 Å². The van der Waals surface area contributed by atoms with E-state index in [4.69, 9.17) is 36.8 Å². The van der Waals surface area contributed by atoms with Crippen LogP contribution in [0.25, 0.3) is 0 Å². The van der Waals surface area contributed by atoms with Crippen LogP contribution in [0.15, 0.2) is 58.4 Å². The number of aliphatic hydroxyl groups is 1. The number of ketones is 2. The molecule has 6 atom stereocenters. The number of ether oxygens (including phenoxy) is 3. The Labute approximate surface area is 264 Å². The van der Waals surface area contributed by atoms with Gasteiger partial charge in [0.05, 0.1) is 17.9 Å². The summed E-state index contributed by atoms with van der Waals surface area (Å²) < 4.78 is 52.8. The van der Waals surface area contributed by atoms with Crippen LogP contribution in [0, 0.1) is 11.8 Å².